The highest BCUT2D eigenvalue weighted by Crippen LogP contribution is 2.19. The molecule has 0 fully saturated rings. The van der Waals surface area contributed by atoms with Gasteiger partial charge in [0.2, 0.25) is 0 Å². The van der Waals surface area contributed by atoms with E-state index >= 15 is 0 Å². The second-order valence-corrected chi connectivity index (χ2v) is 6.10. The third-order valence-electron chi connectivity index (χ3n) is 2.51. The third kappa shape index (κ3) is 4.50. The normalized spacial score (nSPS) is 10.2. The molecule has 1 heterocycles. The number of halogens is 2. The van der Waals surface area contributed by atoms with Crippen LogP contribution in [-0.2, 0) is 6.54 Å². The molecular formula is C13H12Br2N4S. The third-order valence-corrected chi connectivity index (χ3v) is 3.69. The van der Waals surface area contributed by atoms with Crippen molar-refractivity contribution in [2.75, 3.05) is 5.32 Å². The van der Waals surface area contributed by atoms with E-state index in [9.17, 15) is 0 Å². The average Bonchev–Trinajstić information content (AvgIpc) is 2.41. The molecule has 0 amide bonds. The van der Waals surface area contributed by atoms with E-state index in [0.29, 0.717) is 26.7 Å². The Morgan fingerprint density at radius 2 is 1.95 bits per heavy atom. The molecule has 0 aliphatic carbocycles. The predicted octanol–water partition coefficient (Wildman–Crippen LogP) is 3.80. The summed E-state index contributed by atoms with van der Waals surface area (Å²) in [7, 11) is 0. The Morgan fingerprint density at radius 3 is 2.60 bits per heavy atom. The van der Waals surface area contributed by atoms with Crippen LogP contribution in [0.5, 0.6) is 0 Å². The smallest absolute Gasteiger partial charge is 0.172 e. The van der Waals surface area contributed by atoms with Crippen LogP contribution in [0.3, 0.4) is 0 Å². The van der Waals surface area contributed by atoms with Crippen molar-refractivity contribution in [1.82, 2.24) is 15.3 Å². The van der Waals surface area contributed by atoms with Crippen molar-refractivity contribution in [2.45, 2.75) is 13.5 Å². The van der Waals surface area contributed by atoms with Gasteiger partial charge in [0, 0.05) is 6.54 Å². The summed E-state index contributed by atoms with van der Waals surface area (Å²) in [6.07, 6.45) is 1.61. The van der Waals surface area contributed by atoms with Gasteiger partial charge in [0.1, 0.15) is 9.21 Å². The molecule has 1 aromatic heterocycles. The number of hydrogen-bond donors (Lipinski definition) is 2. The Balaban J connectivity index is 1.90. The molecule has 0 spiro atoms. The first-order valence-corrected chi connectivity index (χ1v) is 7.82. The fourth-order valence-electron chi connectivity index (χ4n) is 1.47. The maximum atomic E-state index is 5.23. The Bertz CT molecular complexity index is 616. The lowest BCUT2D eigenvalue weighted by Crippen LogP contribution is -2.28. The Kier molecular flexibility index (Phi) is 5.45. The highest BCUT2D eigenvalue weighted by molar-refractivity contribution is 9.11. The van der Waals surface area contributed by atoms with Gasteiger partial charge in [-0.2, -0.15) is 0 Å². The highest BCUT2D eigenvalue weighted by Gasteiger charge is 2.05. The number of nitrogens with one attached hydrogen (secondary N) is 2. The highest BCUT2D eigenvalue weighted by atomic mass is 79.9. The van der Waals surface area contributed by atoms with E-state index in [1.54, 1.807) is 6.20 Å². The molecule has 0 aliphatic heterocycles. The molecule has 4 nitrogen and oxygen atoms in total. The van der Waals surface area contributed by atoms with Gasteiger partial charge in [0.25, 0.3) is 0 Å². The monoisotopic (exact) mass is 414 g/mol. The van der Waals surface area contributed by atoms with Crippen LogP contribution < -0.4 is 10.6 Å². The average molecular weight is 416 g/mol. The molecule has 1 aromatic carbocycles. The lowest BCUT2D eigenvalue weighted by Gasteiger charge is -2.11. The summed E-state index contributed by atoms with van der Waals surface area (Å²) >= 11 is 11.8. The zero-order valence-corrected chi connectivity index (χ0v) is 14.6. The van der Waals surface area contributed by atoms with Crippen LogP contribution in [0.15, 0.2) is 39.7 Å². The van der Waals surface area contributed by atoms with E-state index in [0.717, 1.165) is 0 Å². The number of hydrogen-bond acceptors (Lipinski definition) is 3. The first-order valence-electron chi connectivity index (χ1n) is 5.83. The maximum Gasteiger partial charge on any atom is 0.172 e. The van der Waals surface area contributed by atoms with Gasteiger partial charge in [-0.05, 0) is 56.6 Å². The molecule has 0 saturated carbocycles. The number of aryl methyl sites for hydroxylation is 1. The van der Waals surface area contributed by atoms with E-state index in [-0.39, 0.29) is 0 Å². The standard InChI is InChI=1S/C13H12Br2N4S/c1-8-2-4-9(5-3-8)6-17-13(20)19-12-11(15)18-10(14)7-16-12/h2-5,7H,6H2,1H3,(H2,16,17,19,20). The van der Waals surface area contributed by atoms with Crippen LogP contribution >= 0.6 is 44.1 Å². The maximum absolute atomic E-state index is 5.23. The second kappa shape index (κ2) is 7.10. The first-order chi connectivity index (χ1) is 9.54. The zero-order chi connectivity index (χ0) is 14.5. The summed E-state index contributed by atoms with van der Waals surface area (Å²) in [6, 6.07) is 8.29. The summed E-state index contributed by atoms with van der Waals surface area (Å²) in [4.78, 5) is 8.37. The molecule has 2 rings (SSSR count). The van der Waals surface area contributed by atoms with Crippen molar-refractivity contribution in [1.29, 1.82) is 0 Å². The van der Waals surface area contributed by atoms with Gasteiger partial charge in [-0.3, -0.25) is 0 Å². The van der Waals surface area contributed by atoms with Gasteiger partial charge in [-0.1, -0.05) is 29.8 Å². The quantitative estimate of drug-likeness (QED) is 0.746. The second-order valence-electron chi connectivity index (χ2n) is 4.13. The van der Waals surface area contributed by atoms with Gasteiger partial charge < -0.3 is 10.6 Å². The topological polar surface area (TPSA) is 49.8 Å². The largest absolute Gasteiger partial charge is 0.358 e. The van der Waals surface area contributed by atoms with Crippen molar-refractivity contribution >= 4 is 55.0 Å². The molecule has 2 N–H and O–H groups in total. The Labute approximate surface area is 139 Å². The SMILES string of the molecule is Cc1ccc(CNC(=S)Nc2ncc(Br)nc2Br)cc1. The fraction of sp³-hybridized carbons (Fsp3) is 0.154. The number of rotatable bonds is 3. The van der Waals surface area contributed by atoms with Gasteiger partial charge in [-0.15, -0.1) is 0 Å². The number of anilines is 1. The van der Waals surface area contributed by atoms with Crippen molar-refractivity contribution in [3.05, 3.63) is 50.8 Å². The van der Waals surface area contributed by atoms with E-state index in [1.165, 1.54) is 11.1 Å². The zero-order valence-electron chi connectivity index (χ0n) is 10.7. The summed E-state index contributed by atoms with van der Waals surface area (Å²) in [6.45, 7) is 2.72. The molecular weight excluding hydrogens is 404 g/mol. The van der Waals surface area contributed by atoms with Crippen LogP contribution in [-0.4, -0.2) is 15.1 Å². The van der Waals surface area contributed by atoms with Crippen molar-refractivity contribution in [3.63, 3.8) is 0 Å². The molecule has 7 heteroatoms. The fourth-order valence-corrected chi connectivity index (χ4v) is 2.55. The van der Waals surface area contributed by atoms with Crippen molar-refractivity contribution < 1.29 is 0 Å². The van der Waals surface area contributed by atoms with Crippen molar-refractivity contribution in [2.24, 2.45) is 0 Å². The number of nitrogens with zero attached hydrogens (tertiary/aromatic N) is 2. The summed E-state index contributed by atoms with van der Waals surface area (Å²) in [5, 5.41) is 6.63. The molecule has 0 aliphatic rings. The molecule has 2 aromatic rings. The number of aromatic nitrogens is 2. The molecule has 20 heavy (non-hydrogen) atoms. The van der Waals surface area contributed by atoms with E-state index in [2.05, 4.69) is 83.7 Å². The minimum absolute atomic E-state index is 0.503. The molecule has 104 valence electrons. The van der Waals surface area contributed by atoms with Crippen molar-refractivity contribution in [3.8, 4) is 0 Å². The van der Waals surface area contributed by atoms with Gasteiger partial charge >= 0.3 is 0 Å². The van der Waals surface area contributed by atoms with Gasteiger partial charge in [0.15, 0.2) is 10.9 Å². The molecule has 0 atom stereocenters. The molecule has 0 unspecified atom stereocenters. The lowest BCUT2D eigenvalue weighted by molar-refractivity contribution is 0.923. The minimum Gasteiger partial charge on any atom is -0.358 e. The minimum atomic E-state index is 0.503. The van der Waals surface area contributed by atoms with Gasteiger partial charge in [-0.25, -0.2) is 9.97 Å². The van der Waals surface area contributed by atoms with Crippen LogP contribution in [0, 0.1) is 6.92 Å². The predicted molar refractivity (Wildman–Crippen MR) is 91.7 cm³/mol. The summed E-state index contributed by atoms with van der Waals surface area (Å²) < 4.78 is 1.26. The van der Waals surface area contributed by atoms with E-state index < -0.39 is 0 Å². The van der Waals surface area contributed by atoms with Crippen LogP contribution in [0.25, 0.3) is 0 Å². The summed E-state index contributed by atoms with van der Waals surface area (Å²) in [5.41, 5.74) is 2.41. The Morgan fingerprint density at radius 1 is 1.25 bits per heavy atom. The molecule has 0 radical (unpaired) electrons. The van der Waals surface area contributed by atoms with E-state index in [1.807, 2.05) is 0 Å². The van der Waals surface area contributed by atoms with Crippen LogP contribution in [0.2, 0.25) is 0 Å². The number of thiocarbonyl (C=S) groups is 1. The molecule has 0 saturated heterocycles. The summed E-state index contributed by atoms with van der Waals surface area (Å²) in [5.74, 6) is 0.578. The molecule has 0 bridgehead atoms. The lowest BCUT2D eigenvalue weighted by atomic mass is 10.1. The number of benzene rings is 1. The van der Waals surface area contributed by atoms with Crippen LogP contribution in [0.4, 0.5) is 5.82 Å². The first kappa shape index (κ1) is 15.3. The van der Waals surface area contributed by atoms with Crippen LogP contribution in [0.1, 0.15) is 11.1 Å². The Hall–Kier alpha value is -1.05. The van der Waals surface area contributed by atoms with Gasteiger partial charge in [0.05, 0.1) is 6.20 Å². The van der Waals surface area contributed by atoms with E-state index in [4.69, 9.17) is 12.2 Å².